The zero-order valence-electron chi connectivity index (χ0n) is 14.3. The van der Waals surface area contributed by atoms with E-state index in [-0.39, 0.29) is 30.2 Å². The number of alkyl halides is 3. The van der Waals surface area contributed by atoms with Gasteiger partial charge < -0.3 is 20.5 Å². The van der Waals surface area contributed by atoms with E-state index in [0.717, 1.165) is 12.1 Å². The van der Waals surface area contributed by atoms with Gasteiger partial charge in [0, 0.05) is 12.1 Å². The van der Waals surface area contributed by atoms with Gasteiger partial charge in [-0.15, -0.1) is 0 Å². The minimum Gasteiger partial charge on any atom is -0.493 e. The highest BCUT2D eigenvalue weighted by molar-refractivity contribution is 5.94. The minimum atomic E-state index is -4.45. The number of hydrogen-bond donors (Lipinski definition) is 2. The third kappa shape index (κ3) is 5.63. The van der Waals surface area contributed by atoms with E-state index in [4.69, 9.17) is 15.2 Å². The molecule has 0 aliphatic carbocycles. The molecule has 144 valence electrons. The van der Waals surface area contributed by atoms with Crippen molar-refractivity contribution in [2.24, 2.45) is 5.73 Å². The molecule has 9 heteroatoms. The first-order valence-electron chi connectivity index (χ1n) is 7.74. The molecule has 0 aliphatic heterocycles. The number of methoxy groups -OCH3 is 1. The van der Waals surface area contributed by atoms with Crippen LogP contribution in [0.5, 0.6) is 11.5 Å². The monoisotopic (exact) mass is 382 g/mol. The van der Waals surface area contributed by atoms with Crippen molar-refractivity contribution in [2.45, 2.75) is 12.7 Å². The summed E-state index contributed by atoms with van der Waals surface area (Å²) in [5.41, 5.74) is 4.74. The number of rotatable bonds is 7. The lowest BCUT2D eigenvalue weighted by atomic mass is 10.1. The average molecular weight is 382 g/mol. The first-order valence-corrected chi connectivity index (χ1v) is 7.74. The lowest BCUT2D eigenvalue weighted by Gasteiger charge is -2.12. The summed E-state index contributed by atoms with van der Waals surface area (Å²) in [4.78, 5) is 23.0. The van der Waals surface area contributed by atoms with E-state index in [2.05, 4.69) is 5.32 Å². The van der Waals surface area contributed by atoms with E-state index in [9.17, 15) is 22.8 Å². The van der Waals surface area contributed by atoms with Crippen LogP contribution in [0, 0.1) is 0 Å². The number of ether oxygens (including phenoxy) is 2. The summed E-state index contributed by atoms with van der Waals surface area (Å²) in [6.45, 7) is -0.428. The van der Waals surface area contributed by atoms with Gasteiger partial charge in [-0.2, -0.15) is 13.2 Å². The van der Waals surface area contributed by atoms with Crippen molar-refractivity contribution >= 4 is 11.8 Å². The van der Waals surface area contributed by atoms with E-state index in [1.165, 1.54) is 37.4 Å². The molecule has 2 amide bonds. The maximum atomic E-state index is 12.7. The summed E-state index contributed by atoms with van der Waals surface area (Å²) in [7, 11) is 1.36. The van der Waals surface area contributed by atoms with Gasteiger partial charge in [0.05, 0.1) is 12.7 Å². The zero-order chi connectivity index (χ0) is 20.0. The fourth-order valence-electron chi connectivity index (χ4n) is 2.22. The second kappa shape index (κ2) is 8.43. The van der Waals surface area contributed by atoms with Crippen molar-refractivity contribution in [3.8, 4) is 11.5 Å². The molecule has 27 heavy (non-hydrogen) atoms. The minimum absolute atomic E-state index is 0.0784. The van der Waals surface area contributed by atoms with Crippen molar-refractivity contribution in [1.29, 1.82) is 0 Å². The van der Waals surface area contributed by atoms with E-state index in [1.807, 2.05) is 0 Å². The molecule has 0 bridgehead atoms. The summed E-state index contributed by atoms with van der Waals surface area (Å²) in [5, 5.41) is 2.54. The van der Waals surface area contributed by atoms with Crippen LogP contribution in [-0.2, 0) is 17.5 Å². The molecule has 0 aromatic heterocycles. The molecule has 0 saturated carbocycles. The van der Waals surface area contributed by atoms with Crippen LogP contribution in [0.15, 0.2) is 42.5 Å². The predicted molar refractivity (Wildman–Crippen MR) is 90.3 cm³/mol. The highest BCUT2D eigenvalue weighted by Gasteiger charge is 2.30. The summed E-state index contributed by atoms with van der Waals surface area (Å²) < 4.78 is 48.4. The smallest absolute Gasteiger partial charge is 0.416 e. The number of carbonyl (C=O) groups is 2. The molecular formula is C18H17F3N2O4. The Labute approximate surface area is 153 Å². The average Bonchev–Trinajstić information content (AvgIpc) is 2.63. The van der Waals surface area contributed by atoms with Crippen LogP contribution in [0.25, 0.3) is 0 Å². The lowest BCUT2D eigenvalue weighted by molar-refractivity contribution is -0.137. The fourth-order valence-corrected chi connectivity index (χ4v) is 2.22. The van der Waals surface area contributed by atoms with Crippen LogP contribution in [0.4, 0.5) is 13.2 Å². The van der Waals surface area contributed by atoms with Crippen molar-refractivity contribution in [1.82, 2.24) is 5.32 Å². The third-order valence-electron chi connectivity index (χ3n) is 3.50. The van der Waals surface area contributed by atoms with Gasteiger partial charge in [0.15, 0.2) is 18.1 Å². The summed E-state index contributed by atoms with van der Waals surface area (Å²) in [6.07, 6.45) is -4.45. The third-order valence-corrected chi connectivity index (χ3v) is 3.50. The topological polar surface area (TPSA) is 90.7 Å². The molecule has 0 unspecified atom stereocenters. The highest BCUT2D eigenvalue weighted by atomic mass is 19.4. The van der Waals surface area contributed by atoms with Crippen LogP contribution in [0.2, 0.25) is 0 Å². The Morgan fingerprint density at radius 2 is 1.85 bits per heavy atom. The van der Waals surface area contributed by atoms with Gasteiger partial charge >= 0.3 is 6.18 Å². The Morgan fingerprint density at radius 1 is 1.11 bits per heavy atom. The molecule has 6 nitrogen and oxygen atoms in total. The molecule has 0 radical (unpaired) electrons. The number of nitrogens with one attached hydrogen (secondary N) is 1. The Kier molecular flexibility index (Phi) is 6.27. The molecule has 3 N–H and O–H groups in total. The molecular weight excluding hydrogens is 365 g/mol. The second-order valence-electron chi connectivity index (χ2n) is 5.50. The van der Waals surface area contributed by atoms with Crippen molar-refractivity contribution in [2.75, 3.05) is 13.7 Å². The Morgan fingerprint density at radius 3 is 2.48 bits per heavy atom. The highest BCUT2D eigenvalue weighted by Crippen LogP contribution is 2.30. The first kappa shape index (κ1) is 20.1. The summed E-state index contributed by atoms with van der Waals surface area (Å²) in [6, 6.07) is 8.94. The summed E-state index contributed by atoms with van der Waals surface area (Å²) >= 11 is 0. The first-order chi connectivity index (χ1) is 12.7. The van der Waals surface area contributed by atoms with Crippen molar-refractivity contribution in [3.63, 3.8) is 0 Å². The van der Waals surface area contributed by atoms with Crippen LogP contribution >= 0.6 is 0 Å². The maximum absolute atomic E-state index is 12.7. The predicted octanol–water partition coefficient (Wildman–Crippen LogP) is 2.51. The quantitative estimate of drug-likeness (QED) is 0.770. The van der Waals surface area contributed by atoms with E-state index in [1.54, 1.807) is 0 Å². The van der Waals surface area contributed by atoms with E-state index < -0.39 is 23.6 Å². The van der Waals surface area contributed by atoms with Gasteiger partial charge in [-0.05, 0) is 35.9 Å². The Bertz CT molecular complexity index is 838. The molecule has 2 rings (SSSR count). The Balaban J connectivity index is 2.07. The number of carbonyl (C=O) groups excluding carboxylic acids is 2. The number of hydrogen-bond acceptors (Lipinski definition) is 4. The number of amides is 2. The fraction of sp³-hybridized carbons (Fsp3) is 0.222. The molecule has 2 aromatic carbocycles. The number of nitrogens with two attached hydrogens (primary N) is 1. The van der Waals surface area contributed by atoms with Crippen LogP contribution in [0.3, 0.4) is 0 Å². The molecule has 0 heterocycles. The van der Waals surface area contributed by atoms with Crippen molar-refractivity contribution in [3.05, 3.63) is 59.2 Å². The lowest BCUT2D eigenvalue weighted by Crippen LogP contribution is -2.23. The van der Waals surface area contributed by atoms with Crippen molar-refractivity contribution < 1.29 is 32.2 Å². The Hall–Kier alpha value is -3.23. The van der Waals surface area contributed by atoms with Gasteiger partial charge in [-0.1, -0.05) is 12.1 Å². The van der Waals surface area contributed by atoms with Crippen LogP contribution in [-0.4, -0.2) is 25.5 Å². The largest absolute Gasteiger partial charge is 0.493 e. The van der Waals surface area contributed by atoms with E-state index >= 15 is 0 Å². The molecule has 0 saturated heterocycles. The standard InChI is InChI=1S/C18H17F3N2O4/c1-26-15-8-12(5-6-14(15)27-10-16(22)24)17(25)23-9-11-3-2-4-13(7-11)18(19,20)21/h2-8H,9-10H2,1H3,(H2,22,24)(H,23,25). The van der Waals surface area contributed by atoms with Gasteiger partial charge in [-0.3, -0.25) is 9.59 Å². The SMILES string of the molecule is COc1cc(C(=O)NCc2cccc(C(F)(F)F)c2)ccc1OCC(N)=O. The second-order valence-corrected chi connectivity index (χ2v) is 5.50. The molecule has 0 aliphatic rings. The van der Waals surface area contributed by atoms with Gasteiger partial charge in [-0.25, -0.2) is 0 Å². The van der Waals surface area contributed by atoms with Crippen LogP contribution < -0.4 is 20.5 Å². The van der Waals surface area contributed by atoms with Gasteiger partial charge in [0.1, 0.15) is 0 Å². The number of benzene rings is 2. The van der Waals surface area contributed by atoms with Crippen LogP contribution in [0.1, 0.15) is 21.5 Å². The maximum Gasteiger partial charge on any atom is 0.416 e. The summed E-state index contributed by atoms with van der Waals surface area (Å²) in [5.74, 6) is -0.735. The number of halogens is 3. The van der Waals surface area contributed by atoms with Gasteiger partial charge in [0.2, 0.25) is 0 Å². The zero-order valence-corrected chi connectivity index (χ0v) is 14.3. The normalized spacial score (nSPS) is 11.0. The van der Waals surface area contributed by atoms with E-state index in [0.29, 0.717) is 5.56 Å². The molecule has 0 spiro atoms. The molecule has 2 aromatic rings. The van der Waals surface area contributed by atoms with Gasteiger partial charge in [0.25, 0.3) is 11.8 Å². The number of primary amides is 1. The molecule has 0 fully saturated rings. The molecule has 0 atom stereocenters.